The van der Waals surface area contributed by atoms with Crippen LogP contribution in [0.3, 0.4) is 0 Å². The van der Waals surface area contributed by atoms with Crippen molar-refractivity contribution < 1.29 is 9.21 Å². The van der Waals surface area contributed by atoms with E-state index >= 15 is 0 Å². The lowest BCUT2D eigenvalue weighted by Crippen LogP contribution is -2.41. The Morgan fingerprint density at radius 1 is 1.11 bits per heavy atom. The van der Waals surface area contributed by atoms with Crippen molar-refractivity contribution in [1.82, 2.24) is 9.80 Å². The van der Waals surface area contributed by atoms with Gasteiger partial charge in [-0.3, -0.25) is 9.69 Å². The molecular formula is C21H21ClN2O2S. The molecule has 4 rings (SSSR count). The molecule has 6 heteroatoms. The molecule has 0 atom stereocenters. The quantitative estimate of drug-likeness (QED) is 0.515. The fourth-order valence-electron chi connectivity index (χ4n) is 3.77. The Morgan fingerprint density at radius 3 is 2.52 bits per heavy atom. The molecule has 2 aromatic rings. The van der Waals surface area contributed by atoms with Crippen LogP contribution in [0.25, 0.3) is 17.4 Å². The summed E-state index contributed by atoms with van der Waals surface area (Å²) in [5, 5.41) is 1.27. The van der Waals surface area contributed by atoms with Crippen LogP contribution >= 0.6 is 23.8 Å². The van der Waals surface area contributed by atoms with Gasteiger partial charge < -0.3 is 9.32 Å². The molecule has 1 aromatic carbocycles. The second-order valence-electron chi connectivity index (χ2n) is 7.05. The molecule has 0 N–H and O–H groups in total. The molecule has 2 heterocycles. The van der Waals surface area contributed by atoms with E-state index in [2.05, 4.69) is 0 Å². The van der Waals surface area contributed by atoms with Gasteiger partial charge in [-0.05, 0) is 61.5 Å². The van der Waals surface area contributed by atoms with Crippen LogP contribution in [-0.4, -0.2) is 33.9 Å². The Labute approximate surface area is 169 Å². The third-order valence-electron chi connectivity index (χ3n) is 5.27. The average Bonchev–Trinajstić information content (AvgIpc) is 3.22. The molecule has 0 bridgehead atoms. The van der Waals surface area contributed by atoms with Crippen molar-refractivity contribution in [1.29, 1.82) is 0 Å². The maximum atomic E-state index is 13.0. The number of carbonyl (C=O) groups is 1. The second kappa shape index (κ2) is 7.49. The van der Waals surface area contributed by atoms with Gasteiger partial charge >= 0.3 is 0 Å². The first-order chi connectivity index (χ1) is 13.0. The third-order valence-corrected chi connectivity index (χ3v) is 5.99. The van der Waals surface area contributed by atoms with Crippen LogP contribution in [0.4, 0.5) is 0 Å². The van der Waals surface area contributed by atoms with Crippen LogP contribution < -0.4 is 0 Å². The lowest BCUT2D eigenvalue weighted by atomic mass is 9.94. The highest BCUT2D eigenvalue weighted by atomic mass is 35.5. The summed E-state index contributed by atoms with van der Waals surface area (Å²) in [6, 6.07) is 11.4. The number of rotatable bonds is 3. The Balaban J connectivity index is 1.59. The summed E-state index contributed by atoms with van der Waals surface area (Å²) < 4.78 is 5.92. The Kier molecular flexibility index (Phi) is 5.06. The Bertz CT molecular complexity index is 897. The van der Waals surface area contributed by atoms with Gasteiger partial charge in [-0.15, -0.1) is 0 Å². The minimum atomic E-state index is -0.0288. The van der Waals surface area contributed by atoms with Crippen molar-refractivity contribution >= 4 is 40.9 Å². The molecule has 27 heavy (non-hydrogen) atoms. The topological polar surface area (TPSA) is 36.7 Å². The first-order valence-corrected chi connectivity index (χ1v) is 10.0. The normalized spacial score (nSPS) is 20.1. The monoisotopic (exact) mass is 400 g/mol. The molecule has 2 aliphatic rings. The number of thiocarbonyl (C=S) groups is 1. The highest BCUT2D eigenvalue weighted by Crippen LogP contribution is 2.31. The average molecular weight is 401 g/mol. The minimum Gasteiger partial charge on any atom is -0.457 e. The summed E-state index contributed by atoms with van der Waals surface area (Å²) in [6.07, 6.45) is 7.37. The van der Waals surface area contributed by atoms with Crippen molar-refractivity contribution in [3.8, 4) is 11.3 Å². The summed E-state index contributed by atoms with van der Waals surface area (Å²) >= 11 is 11.5. The number of amides is 1. The zero-order chi connectivity index (χ0) is 19.0. The SMILES string of the molecule is CN1C(=S)N(C2CCCCC2)C(=O)/C1=C/c1ccc(-c2ccc(Cl)cc2)o1. The highest BCUT2D eigenvalue weighted by Gasteiger charge is 2.40. The van der Waals surface area contributed by atoms with Gasteiger partial charge in [0.1, 0.15) is 17.2 Å². The molecule has 1 aliphatic carbocycles. The van der Waals surface area contributed by atoms with E-state index in [9.17, 15) is 4.79 Å². The lowest BCUT2D eigenvalue weighted by Gasteiger charge is -2.30. The van der Waals surface area contributed by atoms with E-state index in [0.29, 0.717) is 21.6 Å². The van der Waals surface area contributed by atoms with E-state index in [4.69, 9.17) is 28.2 Å². The summed E-state index contributed by atoms with van der Waals surface area (Å²) in [6.45, 7) is 0. The van der Waals surface area contributed by atoms with Crippen molar-refractivity contribution in [2.24, 2.45) is 0 Å². The molecular weight excluding hydrogens is 380 g/mol. The summed E-state index contributed by atoms with van der Waals surface area (Å²) in [7, 11) is 1.85. The fraction of sp³-hybridized carbons (Fsp3) is 0.333. The third kappa shape index (κ3) is 3.54. The van der Waals surface area contributed by atoms with Crippen molar-refractivity contribution in [3.63, 3.8) is 0 Å². The maximum Gasteiger partial charge on any atom is 0.277 e. The molecule has 0 unspecified atom stereocenters. The van der Waals surface area contributed by atoms with Crippen LogP contribution in [0.5, 0.6) is 0 Å². The number of hydrogen-bond donors (Lipinski definition) is 0. The van der Waals surface area contributed by atoms with E-state index in [-0.39, 0.29) is 11.9 Å². The van der Waals surface area contributed by atoms with Gasteiger partial charge in [0.05, 0.1) is 0 Å². The number of halogens is 1. The summed E-state index contributed by atoms with van der Waals surface area (Å²) in [5.41, 5.74) is 1.50. The van der Waals surface area contributed by atoms with Gasteiger partial charge in [0.15, 0.2) is 5.11 Å². The molecule has 1 saturated heterocycles. The van der Waals surface area contributed by atoms with E-state index in [0.717, 1.165) is 37.0 Å². The molecule has 1 aromatic heterocycles. The van der Waals surface area contributed by atoms with E-state index in [1.165, 1.54) is 6.42 Å². The molecule has 140 valence electrons. The number of likely N-dealkylation sites (N-methyl/N-ethyl adjacent to an activating group) is 1. The van der Waals surface area contributed by atoms with Crippen LogP contribution in [-0.2, 0) is 4.79 Å². The van der Waals surface area contributed by atoms with Crippen molar-refractivity contribution in [2.45, 2.75) is 38.1 Å². The van der Waals surface area contributed by atoms with Gasteiger partial charge in [0, 0.05) is 29.8 Å². The van der Waals surface area contributed by atoms with Gasteiger partial charge in [-0.25, -0.2) is 0 Å². The van der Waals surface area contributed by atoms with Crippen LogP contribution in [0.2, 0.25) is 5.02 Å². The van der Waals surface area contributed by atoms with E-state index < -0.39 is 0 Å². The lowest BCUT2D eigenvalue weighted by molar-refractivity contribution is -0.124. The molecule has 4 nitrogen and oxygen atoms in total. The molecule has 0 radical (unpaired) electrons. The standard InChI is InChI=1S/C21H21ClN2O2S/c1-23-18(20(25)24(21(23)27)16-5-3-2-4-6-16)13-17-11-12-19(26-17)14-7-9-15(22)10-8-14/h7-13,16H,2-6H2,1H3/b18-13-. The number of benzene rings is 1. The van der Waals surface area contributed by atoms with Crippen molar-refractivity contribution in [2.75, 3.05) is 7.05 Å². The molecule has 0 spiro atoms. The maximum absolute atomic E-state index is 13.0. The fourth-order valence-corrected chi connectivity index (χ4v) is 4.23. The molecule has 1 aliphatic heterocycles. The van der Waals surface area contributed by atoms with Crippen LogP contribution in [0, 0.1) is 0 Å². The number of carbonyl (C=O) groups excluding carboxylic acids is 1. The van der Waals surface area contributed by atoms with Gasteiger partial charge in [-0.2, -0.15) is 0 Å². The number of nitrogens with zero attached hydrogens (tertiary/aromatic N) is 2. The zero-order valence-corrected chi connectivity index (χ0v) is 16.7. The first-order valence-electron chi connectivity index (χ1n) is 9.23. The highest BCUT2D eigenvalue weighted by molar-refractivity contribution is 7.80. The summed E-state index contributed by atoms with van der Waals surface area (Å²) in [5.74, 6) is 1.33. The number of hydrogen-bond acceptors (Lipinski definition) is 3. The van der Waals surface area contributed by atoms with E-state index in [1.807, 2.05) is 43.4 Å². The minimum absolute atomic E-state index is 0.0288. The largest absolute Gasteiger partial charge is 0.457 e. The second-order valence-corrected chi connectivity index (χ2v) is 7.85. The molecule has 1 saturated carbocycles. The summed E-state index contributed by atoms with van der Waals surface area (Å²) in [4.78, 5) is 16.6. The smallest absolute Gasteiger partial charge is 0.277 e. The molecule has 2 fully saturated rings. The number of furan rings is 1. The first kappa shape index (κ1) is 18.3. The van der Waals surface area contributed by atoms with Crippen LogP contribution in [0.15, 0.2) is 46.5 Å². The van der Waals surface area contributed by atoms with Gasteiger partial charge in [0.2, 0.25) is 0 Å². The Morgan fingerprint density at radius 2 is 1.81 bits per heavy atom. The predicted molar refractivity (Wildman–Crippen MR) is 111 cm³/mol. The zero-order valence-electron chi connectivity index (χ0n) is 15.2. The predicted octanol–water partition coefficient (Wildman–Crippen LogP) is 5.33. The van der Waals surface area contributed by atoms with Crippen molar-refractivity contribution in [3.05, 3.63) is 52.9 Å². The van der Waals surface area contributed by atoms with Gasteiger partial charge in [0.25, 0.3) is 5.91 Å². The van der Waals surface area contributed by atoms with E-state index in [1.54, 1.807) is 15.9 Å². The molecule has 1 amide bonds. The Hall–Kier alpha value is -2.11. The van der Waals surface area contributed by atoms with Gasteiger partial charge in [-0.1, -0.05) is 30.9 Å². The van der Waals surface area contributed by atoms with Crippen LogP contribution in [0.1, 0.15) is 37.9 Å².